The van der Waals surface area contributed by atoms with Crippen LogP contribution in [0.15, 0.2) is 23.0 Å². The van der Waals surface area contributed by atoms with Crippen LogP contribution in [0.5, 0.6) is 0 Å². The van der Waals surface area contributed by atoms with Crippen LogP contribution in [0.4, 0.5) is 5.69 Å². The zero-order chi connectivity index (χ0) is 19.5. The number of imidazole rings is 1. The zero-order valence-corrected chi connectivity index (χ0v) is 16.0. The Morgan fingerprint density at radius 3 is 2.68 bits per heavy atom. The normalized spacial score (nSPS) is 24.1. The van der Waals surface area contributed by atoms with E-state index in [-0.39, 0.29) is 17.9 Å². The fourth-order valence-corrected chi connectivity index (χ4v) is 5.11. The van der Waals surface area contributed by atoms with Crippen molar-refractivity contribution in [2.24, 2.45) is 18.4 Å². The van der Waals surface area contributed by atoms with Crippen LogP contribution in [-0.4, -0.2) is 47.0 Å². The molecule has 2 aromatic rings. The topological polar surface area (TPSA) is 97.2 Å². The second kappa shape index (κ2) is 6.20. The Morgan fingerprint density at radius 1 is 1.21 bits per heavy atom. The standard InChI is InChI=1S/C20H25N5O3/c1-24-16-13(23-9-12-7-20(8-12)10-21-11-20)3-2-4-14(16)25(19(24)28)17-15(26)5-6-22-18(17)27/h2-4,12,17,21,23H,5-11H2,1H3,(H,22,27). The van der Waals surface area contributed by atoms with Crippen LogP contribution in [0.25, 0.3) is 11.0 Å². The number of hydrogen-bond donors (Lipinski definition) is 3. The quantitative estimate of drug-likeness (QED) is 0.664. The summed E-state index contributed by atoms with van der Waals surface area (Å²) < 4.78 is 2.88. The molecule has 1 amide bonds. The van der Waals surface area contributed by atoms with Crippen molar-refractivity contribution in [2.75, 3.05) is 31.5 Å². The van der Waals surface area contributed by atoms with Crippen LogP contribution < -0.4 is 21.6 Å². The lowest BCUT2D eigenvalue weighted by molar-refractivity contribution is -0.135. The summed E-state index contributed by atoms with van der Waals surface area (Å²) in [6.07, 6.45) is 2.72. The van der Waals surface area contributed by atoms with E-state index in [0.717, 1.165) is 30.8 Å². The molecule has 1 aromatic heterocycles. The van der Waals surface area contributed by atoms with Gasteiger partial charge in [0.05, 0.1) is 16.7 Å². The van der Waals surface area contributed by atoms with E-state index in [1.54, 1.807) is 13.1 Å². The summed E-state index contributed by atoms with van der Waals surface area (Å²) in [5, 5.41) is 9.56. The number of carbonyl (C=O) groups excluding carboxylic acids is 2. The first-order valence-corrected chi connectivity index (χ1v) is 9.94. The van der Waals surface area contributed by atoms with Gasteiger partial charge in [-0.25, -0.2) is 4.79 Å². The summed E-state index contributed by atoms with van der Waals surface area (Å²) in [6, 6.07) is 4.53. The third kappa shape index (κ3) is 2.51. The van der Waals surface area contributed by atoms with Gasteiger partial charge in [-0.15, -0.1) is 0 Å². The molecule has 1 aromatic carbocycles. The Labute approximate surface area is 162 Å². The van der Waals surface area contributed by atoms with E-state index in [2.05, 4.69) is 16.0 Å². The molecule has 1 spiro atoms. The fourth-order valence-electron chi connectivity index (χ4n) is 5.11. The van der Waals surface area contributed by atoms with Crippen LogP contribution in [0.1, 0.15) is 25.3 Å². The largest absolute Gasteiger partial charge is 0.383 e. The average molecular weight is 383 g/mol. The van der Waals surface area contributed by atoms with Crippen LogP contribution in [0, 0.1) is 11.3 Å². The molecule has 3 aliphatic rings. The molecular formula is C20H25N5O3. The molecule has 148 valence electrons. The first kappa shape index (κ1) is 17.5. The van der Waals surface area contributed by atoms with Gasteiger partial charge in [-0.1, -0.05) is 6.07 Å². The van der Waals surface area contributed by atoms with Crippen molar-refractivity contribution in [3.05, 3.63) is 28.7 Å². The Kier molecular flexibility index (Phi) is 3.87. The maximum absolute atomic E-state index is 12.9. The molecule has 3 fully saturated rings. The van der Waals surface area contributed by atoms with Gasteiger partial charge in [-0.2, -0.15) is 0 Å². The third-order valence-electron chi connectivity index (χ3n) is 6.61. The summed E-state index contributed by atoms with van der Waals surface area (Å²) in [7, 11) is 1.69. The monoisotopic (exact) mass is 383 g/mol. The van der Waals surface area contributed by atoms with Gasteiger partial charge in [0.1, 0.15) is 0 Å². The van der Waals surface area contributed by atoms with Gasteiger partial charge in [0.25, 0.3) is 5.91 Å². The van der Waals surface area contributed by atoms with Gasteiger partial charge in [0.15, 0.2) is 11.8 Å². The molecular weight excluding hydrogens is 358 g/mol. The van der Waals surface area contributed by atoms with Crippen LogP contribution in [0.3, 0.4) is 0 Å². The molecule has 8 heteroatoms. The van der Waals surface area contributed by atoms with Crippen molar-refractivity contribution in [2.45, 2.75) is 25.3 Å². The maximum Gasteiger partial charge on any atom is 0.330 e. The third-order valence-corrected chi connectivity index (χ3v) is 6.61. The van der Waals surface area contributed by atoms with Crippen molar-refractivity contribution in [1.82, 2.24) is 19.8 Å². The number of rotatable bonds is 4. The minimum atomic E-state index is -1.09. The number of hydrogen-bond acceptors (Lipinski definition) is 5. The van der Waals surface area contributed by atoms with Gasteiger partial charge in [0.2, 0.25) is 0 Å². The number of carbonyl (C=O) groups is 2. The summed E-state index contributed by atoms with van der Waals surface area (Å²) in [5.41, 5.74) is 2.40. The molecule has 3 heterocycles. The number of piperidine rings is 1. The second-order valence-electron chi connectivity index (χ2n) is 8.55. The predicted molar refractivity (Wildman–Crippen MR) is 105 cm³/mol. The smallest absolute Gasteiger partial charge is 0.330 e. The molecule has 5 rings (SSSR count). The first-order chi connectivity index (χ1) is 13.5. The van der Waals surface area contributed by atoms with E-state index in [1.165, 1.54) is 22.0 Å². The molecule has 1 unspecified atom stereocenters. The molecule has 1 atom stereocenters. The molecule has 2 aliphatic heterocycles. The number of aromatic nitrogens is 2. The number of amides is 1. The number of aryl methyl sites for hydroxylation is 1. The van der Waals surface area contributed by atoms with E-state index in [9.17, 15) is 14.4 Å². The van der Waals surface area contributed by atoms with Crippen molar-refractivity contribution in [3.8, 4) is 0 Å². The van der Waals surface area contributed by atoms with Gasteiger partial charge >= 0.3 is 5.69 Å². The molecule has 28 heavy (non-hydrogen) atoms. The van der Waals surface area contributed by atoms with Crippen LogP contribution in [-0.2, 0) is 16.6 Å². The fraction of sp³-hybridized carbons (Fsp3) is 0.550. The average Bonchev–Trinajstić information content (AvgIpc) is 2.85. The number of anilines is 1. The van der Waals surface area contributed by atoms with E-state index in [1.807, 2.05) is 12.1 Å². The lowest BCUT2D eigenvalue weighted by Gasteiger charge is -2.54. The predicted octanol–water partition coefficient (Wildman–Crippen LogP) is 0.382. The molecule has 0 bridgehead atoms. The second-order valence-corrected chi connectivity index (χ2v) is 8.55. The van der Waals surface area contributed by atoms with Gasteiger partial charge in [0, 0.05) is 39.6 Å². The summed E-state index contributed by atoms with van der Waals surface area (Å²) in [5.74, 6) is 0.0193. The number of para-hydroxylation sites is 1. The van der Waals surface area contributed by atoms with Gasteiger partial charge < -0.3 is 16.0 Å². The molecule has 8 nitrogen and oxygen atoms in total. The number of Topliss-reactive ketones (excluding diaryl/α,β-unsaturated/α-hetero) is 1. The minimum absolute atomic E-state index is 0.217. The Balaban J connectivity index is 1.46. The van der Waals surface area contributed by atoms with Gasteiger partial charge in [-0.05, 0) is 36.3 Å². The summed E-state index contributed by atoms with van der Waals surface area (Å²) >= 11 is 0. The Bertz CT molecular complexity index is 1010. The minimum Gasteiger partial charge on any atom is -0.383 e. The Morgan fingerprint density at radius 2 is 2.00 bits per heavy atom. The van der Waals surface area contributed by atoms with Crippen molar-refractivity contribution >= 4 is 28.4 Å². The van der Waals surface area contributed by atoms with Crippen molar-refractivity contribution in [3.63, 3.8) is 0 Å². The van der Waals surface area contributed by atoms with E-state index < -0.39 is 11.9 Å². The van der Waals surface area contributed by atoms with Crippen LogP contribution in [0.2, 0.25) is 0 Å². The molecule has 2 saturated heterocycles. The lowest BCUT2D eigenvalue weighted by Crippen LogP contribution is -2.61. The molecule has 1 aliphatic carbocycles. The lowest BCUT2D eigenvalue weighted by atomic mass is 9.58. The molecule has 0 radical (unpaired) electrons. The summed E-state index contributed by atoms with van der Waals surface area (Å²) in [6.45, 7) is 3.46. The highest BCUT2D eigenvalue weighted by Gasteiger charge is 2.47. The van der Waals surface area contributed by atoms with Crippen molar-refractivity contribution in [1.29, 1.82) is 0 Å². The van der Waals surface area contributed by atoms with E-state index >= 15 is 0 Å². The van der Waals surface area contributed by atoms with Crippen molar-refractivity contribution < 1.29 is 9.59 Å². The first-order valence-electron chi connectivity index (χ1n) is 9.94. The number of nitrogens with zero attached hydrogens (tertiary/aromatic N) is 2. The highest BCUT2D eigenvalue weighted by molar-refractivity contribution is 6.06. The number of ketones is 1. The highest BCUT2D eigenvalue weighted by Crippen LogP contribution is 2.48. The molecule has 3 N–H and O–H groups in total. The molecule has 1 saturated carbocycles. The van der Waals surface area contributed by atoms with Crippen LogP contribution >= 0.6 is 0 Å². The number of fused-ring (bicyclic) bond motifs is 1. The number of nitrogens with one attached hydrogen (secondary N) is 3. The highest BCUT2D eigenvalue weighted by atomic mass is 16.2. The van der Waals surface area contributed by atoms with E-state index in [4.69, 9.17) is 0 Å². The number of benzene rings is 1. The Hall–Kier alpha value is -2.61. The SMILES string of the molecule is Cn1c(=O)n(C2C(=O)CCNC2=O)c2cccc(NCC3CC4(CNC4)C3)c21. The zero-order valence-electron chi connectivity index (χ0n) is 16.0. The maximum atomic E-state index is 12.9. The van der Waals surface area contributed by atoms with Gasteiger partial charge in [-0.3, -0.25) is 18.7 Å². The van der Waals surface area contributed by atoms with E-state index in [0.29, 0.717) is 23.4 Å². The summed E-state index contributed by atoms with van der Waals surface area (Å²) in [4.78, 5) is 37.7.